The lowest BCUT2D eigenvalue weighted by Crippen LogP contribution is -2.25. The van der Waals surface area contributed by atoms with Gasteiger partial charge in [-0.1, -0.05) is 13.0 Å². The summed E-state index contributed by atoms with van der Waals surface area (Å²) in [5.41, 5.74) is 6.37. The monoisotopic (exact) mass is 278 g/mol. The van der Waals surface area contributed by atoms with Crippen LogP contribution < -0.4 is 20.5 Å². The van der Waals surface area contributed by atoms with E-state index in [1.54, 1.807) is 14.0 Å². The summed E-state index contributed by atoms with van der Waals surface area (Å²) in [5.74, 6) is 0.621. The van der Waals surface area contributed by atoms with Gasteiger partial charge in [-0.3, -0.25) is 4.79 Å². The van der Waals surface area contributed by atoms with Gasteiger partial charge < -0.3 is 20.5 Å². The number of hydrogen-bond acceptors (Lipinski definition) is 4. The molecular weight excluding hydrogens is 256 g/mol. The highest BCUT2D eigenvalue weighted by Crippen LogP contribution is 2.29. The maximum Gasteiger partial charge on any atom is 0.223 e. The maximum absolute atomic E-state index is 11.0. The first-order valence-corrected chi connectivity index (χ1v) is 6.92. The molecular formula is C15H22N2O3. The van der Waals surface area contributed by atoms with Crippen LogP contribution in [-0.4, -0.2) is 25.7 Å². The van der Waals surface area contributed by atoms with Crippen LogP contribution in [0.2, 0.25) is 0 Å². The third-order valence-corrected chi connectivity index (χ3v) is 3.37. The molecule has 1 aromatic rings. The van der Waals surface area contributed by atoms with Crippen molar-refractivity contribution in [1.82, 2.24) is 5.32 Å². The van der Waals surface area contributed by atoms with Gasteiger partial charge in [-0.2, -0.15) is 0 Å². The summed E-state index contributed by atoms with van der Waals surface area (Å²) in [6.45, 7) is 2.81. The molecule has 1 aliphatic rings. The molecule has 1 unspecified atom stereocenters. The molecule has 3 N–H and O–H groups in total. The van der Waals surface area contributed by atoms with Crippen LogP contribution in [0.5, 0.6) is 11.5 Å². The smallest absolute Gasteiger partial charge is 0.223 e. The first-order chi connectivity index (χ1) is 9.60. The topological polar surface area (TPSA) is 73.6 Å². The minimum Gasteiger partial charge on any atom is -0.493 e. The Bertz CT molecular complexity index is 472. The first-order valence-electron chi connectivity index (χ1n) is 6.92. The van der Waals surface area contributed by atoms with E-state index in [-0.39, 0.29) is 18.4 Å². The lowest BCUT2D eigenvalue weighted by molar-refractivity contribution is -0.122. The normalized spacial score (nSPS) is 15.7. The van der Waals surface area contributed by atoms with Gasteiger partial charge in [0.15, 0.2) is 11.5 Å². The molecule has 0 saturated heterocycles. The minimum absolute atomic E-state index is 0.255. The van der Waals surface area contributed by atoms with Crippen LogP contribution in [0.4, 0.5) is 0 Å². The highest BCUT2D eigenvalue weighted by Gasteiger charge is 2.20. The molecule has 1 aliphatic carbocycles. The predicted molar refractivity (Wildman–Crippen MR) is 76.7 cm³/mol. The third-order valence-electron chi connectivity index (χ3n) is 3.37. The van der Waals surface area contributed by atoms with Crippen LogP contribution in [0, 0.1) is 5.92 Å². The summed E-state index contributed by atoms with van der Waals surface area (Å²) >= 11 is 0. The summed E-state index contributed by atoms with van der Waals surface area (Å²) in [7, 11) is 1.60. The number of carbonyl (C=O) groups is 1. The number of hydrogen-bond donors (Lipinski definition) is 2. The van der Waals surface area contributed by atoms with Crippen molar-refractivity contribution in [3.8, 4) is 11.5 Å². The van der Waals surface area contributed by atoms with E-state index in [1.807, 2.05) is 18.2 Å². The summed E-state index contributed by atoms with van der Waals surface area (Å²) in [6, 6.07) is 6.51. The number of amides is 1. The minimum atomic E-state index is -0.365. The lowest BCUT2D eigenvalue weighted by Gasteiger charge is -2.14. The van der Waals surface area contributed by atoms with Crippen LogP contribution in [0.15, 0.2) is 18.2 Å². The Labute approximate surface area is 119 Å². The molecule has 110 valence electrons. The number of rotatable bonds is 8. The molecule has 1 amide bonds. The number of methoxy groups -OCH3 is 1. The molecule has 0 radical (unpaired) electrons. The Morgan fingerprint density at radius 1 is 1.45 bits per heavy atom. The lowest BCUT2D eigenvalue weighted by atomic mass is 10.2. The summed E-state index contributed by atoms with van der Waals surface area (Å²) < 4.78 is 10.9. The number of benzene rings is 1. The van der Waals surface area contributed by atoms with E-state index in [9.17, 15) is 4.79 Å². The number of carbonyl (C=O) groups excluding carboxylic acids is 1. The standard InChI is InChI=1S/C15H22N2O3/c1-10(15(16)18)9-20-14-7-11(3-6-13(14)19-2)8-17-12-4-5-12/h3,6-7,10,12,17H,4-5,8-9H2,1-2H3,(H2,16,18). The van der Waals surface area contributed by atoms with Crippen molar-refractivity contribution in [3.05, 3.63) is 23.8 Å². The van der Waals surface area contributed by atoms with Crippen molar-refractivity contribution in [1.29, 1.82) is 0 Å². The van der Waals surface area contributed by atoms with E-state index in [2.05, 4.69) is 5.32 Å². The van der Waals surface area contributed by atoms with Crippen molar-refractivity contribution in [3.63, 3.8) is 0 Å². The van der Waals surface area contributed by atoms with Crippen molar-refractivity contribution < 1.29 is 14.3 Å². The molecule has 0 spiro atoms. The van der Waals surface area contributed by atoms with Gasteiger partial charge >= 0.3 is 0 Å². The van der Waals surface area contributed by atoms with Crippen LogP contribution in [0.3, 0.4) is 0 Å². The zero-order chi connectivity index (χ0) is 14.5. The average molecular weight is 278 g/mol. The molecule has 1 atom stereocenters. The highest BCUT2D eigenvalue weighted by molar-refractivity contribution is 5.76. The molecule has 1 fully saturated rings. The zero-order valence-corrected chi connectivity index (χ0v) is 12.0. The van der Waals surface area contributed by atoms with Crippen LogP contribution in [0.25, 0.3) is 0 Å². The van der Waals surface area contributed by atoms with E-state index >= 15 is 0 Å². The van der Waals surface area contributed by atoms with Gasteiger partial charge in [0.2, 0.25) is 5.91 Å². The molecule has 0 bridgehead atoms. The number of nitrogens with two attached hydrogens (primary N) is 1. The Hall–Kier alpha value is -1.75. The molecule has 5 heteroatoms. The Morgan fingerprint density at radius 3 is 2.80 bits per heavy atom. The van der Waals surface area contributed by atoms with E-state index < -0.39 is 0 Å². The van der Waals surface area contributed by atoms with Gasteiger partial charge in [-0.25, -0.2) is 0 Å². The van der Waals surface area contributed by atoms with Crippen molar-refractivity contribution in [2.45, 2.75) is 32.4 Å². The van der Waals surface area contributed by atoms with Gasteiger partial charge in [0.1, 0.15) is 0 Å². The summed E-state index contributed by atoms with van der Waals surface area (Å²) in [5, 5.41) is 3.45. The summed E-state index contributed by atoms with van der Waals surface area (Å²) in [6.07, 6.45) is 2.52. The van der Waals surface area contributed by atoms with Gasteiger partial charge in [0, 0.05) is 12.6 Å². The van der Waals surface area contributed by atoms with E-state index in [4.69, 9.17) is 15.2 Å². The molecule has 0 aromatic heterocycles. The largest absolute Gasteiger partial charge is 0.493 e. The molecule has 1 saturated carbocycles. The van der Waals surface area contributed by atoms with Crippen LogP contribution >= 0.6 is 0 Å². The number of primary amides is 1. The zero-order valence-electron chi connectivity index (χ0n) is 12.0. The fraction of sp³-hybridized carbons (Fsp3) is 0.533. The Morgan fingerprint density at radius 2 is 2.20 bits per heavy atom. The SMILES string of the molecule is COc1ccc(CNC2CC2)cc1OCC(C)C(N)=O. The molecule has 2 rings (SSSR count). The maximum atomic E-state index is 11.0. The second kappa shape index (κ2) is 6.61. The second-order valence-corrected chi connectivity index (χ2v) is 5.25. The van der Waals surface area contributed by atoms with Crippen molar-refractivity contribution in [2.24, 2.45) is 11.7 Å². The molecule has 20 heavy (non-hydrogen) atoms. The Balaban J connectivity index is 1.99. The van der Waals surface area contributed by atoms with E-state index in [0.717, 1.165) is 12.1 Å². The fourth-order valence-corrected chi connectivity index (χ4v) is 1.79. The molecule has 0 heterocycles. The van der Waals surface area contributed by atoms with Crippen LogP contribution in [0.1, 0.15) is 25.3 Å². The molecule has 5 nitrogen and oxygen atoms in total. The average Bonchev–Trinajstić information content (AvgIpc) is 3.26. The van der Waals surface area contributed by atoms with E-state index in [1.165, 1.54) is 12.8 Å². The number of ether oxygens (including phenoxy) is 2. The van der Waals surface area contributed by atoms with Gasteiger partial charge in [-0.05, 0) is 30.5 Å². The quantitative estimate of drug-likeness (QED) is 0.755. The third kappa shape index (κ3) is 4.13. The number of nitrogens with one attached hydrogen (secondary N) is 1. The Kier molecular flexibility index (Phi) is 4.84. The van der Waals surface area contributed by atoms with Crippen molar-refractivity contribution >= 4 is 5.91 Å². The van der Waals surface area contributed by atoms with Crippen molar-refractivity contribution in [2.75, 3.05) is 13.7 Å². The fourth-order valence-electron chi connectivity index (χ4n) is 1.79. The molecule has 0 aliphatic heterocycles. The molecule has 1 aromatic carbocycles. The van der Waals surface area contributed by atoms with Gasteiger partial charge in [0.25, 0.3) is 0 Å². The van der Waals surface area contributed by atoms with E-state index in [0.29, 0.717) is 17.5 Å². The van der Waals surface area contributed by atoms with Gasteiger partial charge in [0.05, 0.1) is 19.6 Å². The second-order valence-electron chi connectivity index (χ2n) is 5.25. The predicted octanol–water partition coefficient (Wildman–Crippen LogP) is 1.45. The van der Waals surface area contributed by atoms with Crippen LogP contribution in [-0.2, 0) is 11.3 Å². The first kappa shape index (κ1) is 14.7. The highest BCUT2D eigenvalue weighted by atomic mass is 16.5. The van der Waals surface area contributed by atoms with Gasteiger partial charge in [-0.15, -0.1) is 0 Å². The summed E-state index contributed by atoms with van der Waals surface area (Å²) in [4.78, 5) is 11.0.